The number of aliphatic hydroxyl groups excluding tert-OH is 1. The molecule has 1 aromatic carbocycles. The van der Waals surface area contributed by atoms with Crippen LogP contribution >= 0.6 is 11.6 Å². The van der Waals surface area contributed by atoms with Gasteiger partial charge >= 0.3 is 0 Å². The molecule has 0 aromatic heterocycles. The van der Waals surface area contributed by atoms with E-state index in [4.69, 9.17) is 11.6 Å². The van der Waals surface area contributed by atoms with Crippen LogP contribution in [0.4, 0.5) is 13.2 Å². The van der Waals surface area contributed by atoms with Gasteiger partial charge in [-0.25, -0.2) is 13.2 Å². The molecule has 2 amide bonds. The highest BCUT2D eigenvalue weighted by atomic mass is 35.5. The zero-order valence-corrected chi connectivity index (χ0v) is 18.9. The second-order valence-electron chi connectivity index (χ2n) is 10.5. The van der Waals surface area contributed by atoms with Crippen LogP contribution in [0.3, 0.4) is 0 Å². The van der Waals surface area contributed by atoms with Crippen molar-refractivity contribution in [1.82, 2.24) is 10.6 Å². The average molecular weight is 485 g/mol. The topological polar surface area (TPSA) is 78.4 Å². The van der Waals surface area contributed by atoms with E-state index in [0.29, 0.717) is 25.7 Å². The number of halogens is 4. The second kappa shape index (κ2) is 8.15. The van der Waals surface area contributed by atoms with Crippen molar-refractivity contribution in [1.29, 1.82) is 0 Å². The first-order valence-electron chi connectivity index (χ1n) is 11.7. The highest BCUT2D eigenvalue weighted by Crippen LogP contribution is 2.63. The summed E-state index contributed by atoms with van der Waals surface area (Å²) >= 11 is 5.94. The second-order valence-corrected chi connectivity index (χ2v) is 10.9. The van der Waals surface area contributed by atoms with Crippen molar-refractivity contribution < 1.29 is 27.9 Å². The van der Waals surface area contributed by atoms with Gasteiger partial charge in [-0.2, -0.15) is 0 Å². The van der Waals surface area contributed by atoms with Crippen molar-refractivity contribution in [3.63, 3.8) is 0 Å². The number of hydrogen-bond donors (Lipinski definition) is 3. The molecule has 0 radical (unpaired) electrons. The number of aliphatic hydroxyl groups is 1. The van der Waals surface area contributed by atoms with E-state index in [1.54, 1.807) is 0 Å². The lowest BCUT2D eigenvalue weighted by molar-refractivity contribution is -0.127. The van der Waals surface area contributed by atoms with Gasteiger partial charge in [-0.1, -0.05) is 11.6 Å². The first-order chi connectivity index (χ1) is 15.6. The van der Waals surface area contributed by atoms with Gasteiger partial charge in [-0.15, -0.1) is 0 Å². The lowest BCUT2D eigenvalue weighted by Gasteiger charge is -2.37. The Hall–Kier alpha value is -1.80. The summed E-state index contributed by atoms with van der Waals surface area (Å²) in [4.78, 5) is 25.4. The maximum absolute atomic E-state index is 15.1. The minimum Gasteiger partial charge on any atom is -0.391 e. The van der Waals surface area contributed by atoms with E-state index in [0.717, 1.165) is 25.0 Å². The van der Waals surface area contributed by atoms with Crippen molar-refractivity contribution in [3.8, 4) is 0 Å². The summed E-state index contributed by atoms with van der Waals surface area (Å²) in [6.07, 6.45) is 2.68. The smallest absolute Gasteiger partial charge is 0.223 e. The van der Waals surface area contributed by atoms with Gasteiger partial charge < -0.3 is 15.7 Å². The Morgan fingerprint density at radius 2 is 1.76 bits per heavy atom. The quantitative estimate of drug-likeness (QED) is 0.532. The third kappa shape index (κ3) is 4.14. The summed E-state index contributed by atoms with van der Waals surface area (Å²) in [5.41, 5.74) is -2.51. The van der Waals surface area contributed by atoms with Gasteiger partial charge in [0.2, 0.25) is 11.8 Å². The van der Waals surface area contributed by atoms with Gasteiger partial charge in [0.05, 0.1) is 23.2 Å². The molecule has 180 valence electrons. The standard InChI is InChI=1S/C24H28ClF3N2O3/c25-14-3-4-15(26)18(19(14)27)20(23-5-7-24(28,11-23)8-6-23)30-22(33)13-9-16(17(31)10-13)29-21(32)12-1-2-12/h3-4,12-13,16-17,20,31H,1-2,5-11H2,(H,29,32)(H,30,33)/t13-,16+,17-,20-,23?,24?/m1/s1. The zero-order chi connectivity index (χ0) is 23.5. The monoisotopic (exact) mass is 484 g/mol. The number of nitrogens with one attached hydrogen (secondary N) is 2. The van der Waals surface area contributed by atoms with Crippen LogP contribution < -0.4 is 10.6 Å². The number of carbonyl (C=O) groups excluding carboxylic acids is 2. The van der Waals surface area contributed by atoms with E-state index in [2.05, 4.69) is 10.6 Å². The van der Waals surface area contributed by atoms with E-state index in [1.807, 2.05) is 0 Å². The lowest BCUT2D eigenvalue weighted by Crippen LogP contribution is -2.43. The number of carbonyl (C=O) groups is 2. The third-order valence-electron chi connectivity index (χ3n) is 8.25. The molecule has 0 spiro atoms. The molecule has 0 unspecified atom stereocenters. The maximum Gasteiger partial charge on any atom is 0.223 e. The van der Waals surface area contributed by atoms with Crippen LogP contribution in [0.25, 0.3) is 0 Å². The van der Waals surface area contributed by atoms with Gasteiger partial charge in [0.1, 0.15) is 17.3 Å². The maximum atomic E-state index is 15.1. The van der Waals surface area contributed by atoms with Crippen molar-refractivity contribution in [2.24, 2.45) is 17.3 Å². The fourth-order valence-corrected chi connectivity index (χ4v) is 6.37. The van der Waals surface area contributed by atoms with Crippen LogP contribution in [0.15, 0.2) is 12.1 Å². The molecule has 4 atom stereocenters. The predicted molar refractivity (Wildman–Crippen MR) is 115 cm³/mol. The van der Waals surface area contributed by atoms with Crippen LogP contribution in [0.2, 0.25) is 5.02 Å². The van der Waals surface area contributed by atoms with Crippen LogP contribution in [-0.4, -0.2) is 34.7 Å². The lowest BCUT2D eigenvalue weighted by atomic mass is 9.74. The zero-order valence-electron chi connectivity index (χ0n) is 18.2. The fourth-order valence-electron chi connectivity index (χ4n) is 6.20. The molecule has 4 saturated carbocycles. The third-order valence-corrected chi connectivity index (χ3v) is 8.55. The van der Waals surface area contributed by atoms with Gasteiger partial charge in [0.15, 0.2) is 0 Å². The van der Waals surface area contributed by atoms with Crippen molar-refractivity contribution >= 4 is 23.4 Å². The molecule has 4 aliphatic carbocycles. The van der Waals surface area contributed by atoms with Crippen molar-refractivity contribution in [2.45, 2.75) is 81.6 Å². The molecule has 3 N–H and O–H groups in total. The van der Waals surface area contributed by atoms with Gasteiger partial charge in [-0.3, -0.25) is 9.59 Å². The van der Waals surface area contributed by atoms with E-state index in [1.165, 1.54) is 0 Å². The molecule has 0 saturated heterocycles. The van der Waals surface area contributed by atoms with E-state index in [-0.39, 0.29) is 41.7 Å². The number of amides is 2. The van der Waals surface area contributed by atoms with Gasteiger partial charge in [-0.05, 0) is 75.3 Å². The summed E-state index contributed by atoms with van der Waals surface area (Å²) < 4.78 is 45.0. The summed E-state index contributed by atoms with van der Waals surface area (Å²) in [6, 6.07) is 0.573. The molecule has 4 fully saturated rings. The SMILES string of the molecule is O=C(N[C@H]1C[C@@H](C(=O)N[C@H](c2c(F)ccc(Cl)c2F)C23CCC(F)(CC2)C3)C[C@H]1O)C1CC1. The molecule has 4 aliphatic rings. The number of rotatable bonds is 6. The van der Waals surface area contributed by atoms with E-state index < -0.39 is 52.7 Å². The first-order valence-corrected chi connectivity index (χ1v) is 12.1. The summed E-state index contributed by atoms with van der Waals surface area (Å²) in [6.45, 7) is 0. The van der Waals surface area contributed by atoms with Crippen LogP contribution in [-0.2, 0) is 9.59 Å². The molecule has 33 heavy (non-hydrogen) atoms. The Morgan fingerprint density at radius 3 is 2.36 bits per heavy atom. The predicted octanol–water partition coefficient (Wildman–Crippen LogP) is 4.11. The largest absolute Gasteiger partial charge is 0.391 e. The summed E-state index contributed by atoms with van der Waals surface area (Å²) in [5.74, 6) is -3.00. The Labute approximate surface area is 195 Å². The number of fused-ring (bicyclic) bond motifs is 2. The van der Waals surface area contributed by atoms with Crippen LogP contribution in [0, 0.1) is 28.9 Å². The van der Waals surface area contributed by atoms with Crippen molar-refractivity contribution in [2.75, 3.05) is 0 Å². The highest BCUT2D eigenvalue weighted by Gasteiger charge is 2.59. The number of alkyl halides is 1. The van der Waals surface area contributed by atoms with E-state index in [9.17, 15) is 19.1 Å². The Balaban J connectivity index is 1.39. The molecule has 5 rings (SSSR count). The van der Waals surface area contributed by atoms with Crippen molar-refractivity contribution in [3.05, 3.63) is 34.4 Å². The fraction of sp³-hybridized carbons (Fsp3) is 0.667. The minimum atomic E-state index is -1.38. The summed E-state index contributed by atoms with van der Waals surface area (Å²) in [7, 11) is 0. The van der Waals surface area contributed by atoms with Crippen LogP contribution in [0.1, 0.15) is 69.4 Å². The molecule has 5 nitrogen and oxygen atoms in total. The number of benzene rings is 1. The van der Waals surface area contributed by atoms with E-state index >= 15 is 8.78 Å². The minimum absolute atomic E-state index is 0.0203. The molecule has 0 heterocycles. The molecule has 9 heteroatoms. The molecule has 1 aromatic rings. The van der Waals surface area contributed by atoms with Gasteiger partial charge in [0, 0.05) is 17.4 Å². The molecule has 0 aliphatic heterocycles. The molecular formula is C24H28ClF3N2O3. The normalized spacial score (nSPS) is 36.1. The highest BCUT2D eigenvalue weighted by molar-refractivity contribution is 6.30. The Bertz CT molecular complexity index is 978. The Kier molecular flexibility index (Phi) is 5.67. The summed E-state index contributed by atoms with van der Waals surface area (Å²) in [5, 5.41) is 15.8. The van der Waals surface area contributed by atoms with Crippen LogP contribution in [0.5, 0.6) is 0 Å². The molecule has 2 bridgehead atoms. The Morgan fingerprint density at radius 1 is 1.06 bits per heavy atom. The average Bonchev–Trinajstić information content (AvgIpc) is 3.38. The molecular weight excluding hydrogens is 457 g/mol. The number of hydrogen-bond acceptors (Lipinski definition) is 3. The first kappa shape index (κ1) is 23.0. The van der Waals surface area contributed by atoms with Gasteiger partial charge in [0.25, 0.3) is 0 Å².